The van der Waals surface area contributed by atoms with E-state index >= 15 is 0 Å². The third kappa shape index (κ3) is 6.65. The predicted molar refractivity (Wildman–Crippen MR) is 132 cm³/mol. The molecular weight excluding hydrogens is 493 g/mol. The summed E-state index contributed by atoms with van der Waals surface area (Å²) in [6.45, 7) is 6.28. The molecule has 0 radical (unpaired) electrons. The van der Waals surface area contributed by atoms with Crippen molar-refractivity contribution in [2.45, 2.75) is 32.9 Å². The fraction of sp³-hybridized carbons (Fsp3) is 0.455. The van der Waals surface area contributed by atoms with E-state index in [0.29, 0.717) is 13.1 Å². The highest BCUT2D eigenvalue weighted by Gasteiger charge is 2.13. The molecule has 2 heterocycles. The summed E-state index contributed by atoms with van der Waals surface area (Å²) in [4.78, 5) is 11.6. The molecule has 0 spiro atoms. The van der Waals surface area contributed by atoms with Gasteiger partial charge in [0.1, 0.15) is 5.82 Å². The fourth-order valence-corrected chi connectivity index (χ4v) is 3.33. The van der Waals surface area contributed by atoms with Gasteiger partial charge in [-0.1, -0.05) is 12.1 Å². The van der Waals surface area contributed by atoms with Gasteiger partial charge in [0.2, 0.25) is 0 Å². The van der Waals surface area contributed by atoms with Crippen LogP contribution in [-0.2, 0) is 13.1 Å². The van der Waals surface area contributed by atoms with Gasteiger partial charge in [-0.25, -0.2) is 9.98 Å². The average molecular weight is 525 g/mol. The van der Waals surface area contributed by atoms with Gasteiger partial charge in [0.25, 0.3) is 0 Å². The smallest absolute Gasteiger partial charge is 0.191 e. The van der Waals surface area contributed by atoms with Crippen molar-refractivity contribution < 1.29 is 9.47 Å². The highest BCUT2D eigenvalue weighted by Crippen LogP contribution is 2.27. The van der Waals surface area contributed by atoms with E-state index in [9.17, 15) is 0 Å². The fourth-order valence-electron chi connectivity index (χ4n) is 3.33. The van der Waals surface area contributed by atoms with Gasteiger partial charge in [-0.05, 0) is 49.1 Å². The number of ether oxygens (including phenoxy) is 2. The lowest BCUT2D eigenvalue weighted by Gasteiger charge is -2.16. The number of rotatable bonds is 8. The SMILES string of the molecule is CCNC(=NCc1ccc(N2CCCC2)nc1)NCc1ccc(OC)c(OC)c1.I. The highest BCUT2D eigenvalue weighted by molar-refractivity contribution is 14.0. The first-order valence-corrected chi connectivity index (χ1v) is 10.2. The molecule has 0 unspecified atom stereocenters. The first-order valence-electron chi connectivity index (χ1n) is 10.2. The molecule has 164 valence electrons. The quantitative estimate of drug-likeness (QED) is 0.312. The van der Waals surface area contributed by atoms with Gasteiger partial charge >= 0.3 is 0 Å². The molecule has 8 heteroatoms. The van der Waals surface area contributed by atoms with Crippen LogP contribution >= 0.6 is 24.0 Å². The maximum atomic E-state index is 5.37. The van der Waals surface area contributed by atoms with Crippen LogP contribution in [-0.4, -0.2) is 44.8 Å². The van der Waals surface area contributed by atoms with E-state index in [1.54, 1.807) is 14.2 Å². The van der Waals surface area contributed by atoms with Crippen LogP contribution in [0.4, 0.5) is 5.82 Å². The summed E-state index contributed by atoms with van der Waals surface area (Å²) in [5, 5.41) is 6.65. The summed E-state index contributed by atoms with van der Waals surface area (Å²) in [6.07, 6.45) is 4.44. The number of nitrogens with zero attached hydrogens (tertiary/aromatic N) is 3. The standard InChI is InChI=1S/C22H31N5O2.HI/c1-4-23-22(25-14-17-7-9-19(28-2)20(13-17)29-3)26-16-18-8-10-21(24-15-18)27-11-5-6-12-27;/h7-10,13,15H,4-6,11-12,14,16H2,1-3H3,(H2,23,25,26);1H. The second kappa shape index (κ2) is 12.5. The molecule has 1 aliphatic rings. The summed E-state index contributed by atoms with van der Waals surface area (Å²) in [5.74, 6) is 3.28. The molecular formula is C22H32IN5O2. The van der Waals surface area contributed by atoms with E-state index in [4.69, 9.17) is 9.47 Å². The van der Waals surface area contributed by atoms with Crippen molar-refractivity contribution >= 4 is 35.8 Å². The van der Waals surface area contributed by atoms with Crippen LogP contribution in [0.1, 0.15) is 30.9 Å². The van der Waals surface area contributed by atoms with E-state index in [0.717, 1.165) is 54.0 Å². The zero-order valence-electron chi connectivity index (χ0n) is 18.0. The lowest BCUT2D eigenvalue weighted by molar-refractivity contribution is 0.354. The van der Waals surface area contributed by atoms with Crippen molar-refractivity contribution in [3.63, 3.8) is 0 Å². The number of guanidine groups is 1. The third-order valence-electron chi connectivity index (χ3n) is 4.91. The molecule has 0 aliphatic carbocycles. The molecule has 30 heavy (non-hydrogen) atoms. The molecule has 2 N–H and O–H groups in total. The normalized spacial score (nSPS) is 13.6. The average Bonchev–Trinajstić information content (AvgIpc) is 3.30. The maximum Gasteiger partial charge on any atom is 0.191 e. The zero-order chi connectivity index (χ0) is 20.5. The van der Waals surface area contributed by atoms with E-state index in [1.165, 1.54) is 12.8 Å². The second-order valence-electron chi connectivity index (χ2n) is 6.96. The summed E-state index contributed by atoms with van der Waals surface area (Å²) in [6, 6.07) is 10.1. The molecule has 0 atom stereocenters. The van der Waals surface area contributed by atoms with Crippen LogP contribution in [0.2, 0.25) is 0 Å². The van der Waals surface area contributed by atoms with Gasteiger partial charge in [0, 0.05) is 32.4 Å². The summed E-state index contributed by atoms with van der Waals surface area (Å²) in [5.41, 5.74) is 2.18. The van der Waals surface area contributed by atoms with Crippen LogP contribution < -0.4 is 25.0 Å². The Balaban J connectivity index is 0.00000320. The van der Waals surface area contributed by atoms with Gasteiger partial charge in [0.15, 0.2) is 17.5 Å². The minimum Gasteiger partial charge on any atom is -0.493 e. The van der Waals surface area contributed by atoms with Crippen LogP contribution in [0.5, 0.6) is 11.5 Å². The number of aromatic nitrogens is 1. The summed E-state index contributed by atoms with van der Waals surface area (Å²) < 4.78 is 10.7. The number of aliphatic imine (C=N–C) groups is 1. The Labute approximate surface area is 196 Å². The van der Waals surface area contributed by atoms with Gasteiger partial charge < -0.3 is 25.0 Å². The molecule has 1 fully saturated rings. The van der Waals surface area contributed by atoms with Gasteiger partial charge in [-0.3, -0.25) is 0 Å². The topological polar surface area (TPSA) is 71.0 Å². The number of hydrogen-bond acceptors (Lipinski definition) is 5. The van der Waals surface area contributed by atoms with E-state index in [-0.39, 0.29) is 24.0 Å². The lowest BCUT2D eigenvalue weighted by atomic mass is 10.2. The van der Waals surface area contributed by atoms with Crippen molar-refractivity contribution in [3.8, 4) is 11.5 Å². The molecule has 0 amide bonds. The van der Waals surface area contributed by atoms with Crippen molar-refractivity contribution in [1.29, 1.82) is 0 Å². The molecule has 1 saturated heterocycles. The lowest BCUT2D eigenvalue weighted by Crippen LogP contribution is -2.36. The number of nitrogens with one attached hydrogen (secondary N) is 2. The molecule has 1 aliphatic heterocycles. The Morgan fingerprint density at radius 1 is 1.03 bits per heavy atom. The Morgan fingerprint density at radius 2 is 1.77 bits per heavy atom. The molecule has 0 saturated carbocycles. The zero-order valence-corrected chi connectivity index (χ0v) is 20.3. The monoisotopic (exact) mass is 525 g/mol. The Bertz CT molecular complexity index is 808. The molecule has 0 bridgehead atoms. The first-order chi connectivity index (χ1) is 14.2. The van der Waals surface area contributed by atoms with Crippen molar-refractivity contribution in [3.05, 3.63) is 47.7 Å². The first kappa shape index (κ1) is 24.0. The van der Waals surface area contributed by atoms with E-state index < -0.39 is 0 Å². The van der Waals surface area contributed by atoms with Crippen LogP contribution in [0.25, 0.3) is 0 Å². The highest BCUT2D eigenvalue weighted by atomic mass is 127. The number of methoxy groups -OCH3 is 2. The second-order valence-corrected chi connectivity index (χ2v) is 6.96. The number of anilines is 1. The maximum absolute atomic E-state index is 5.37. The van der Waals surface area contributed by atoms with Crippen molar-refractivity contribution in [2.24, 2.45) is 4.99 Å². The Kier molecular flexibility index (Phi) is 9.99. The van der Waals surface area contributed by atoms with Crippen molar-refractivity contribution in [1.82, 2.24) is 15.6 Å². The van der Waals surface area contributed by atoms with E-state index in [2.05, 4.69) is 44.6 Å². The van der Waals surface area contributed by atoms with Crippen LogP contribution in [0.3, 0.4) is 0 Å². The summed E-state index contributed by atoms with van der Waals surface area (Å²) >= 11 is 0. The molecule has 1 aromatic heterocycles. The van der Waals surface area contributed by atoms with Crippen molar-refractivity contribution in [2.75, 3.05) is 38.8 Å². The number of halogens is 1. The van der Waals surface area contributed by atoms with E-state index in [1.807, 2.05) is 24.4 Å². The molecule has 1 aromatic carbocycles. The van der Waals surface area contributed by atoms with Crippen LogP contribution in [0.15, 0.2) is 41.5 Å². The largest absolute Gasteiger partial charge is 0.493 e. The summed E-state index contributed by atoms with van der Waals surface area (Å²) in [7, 11) is 3.28. The molecule has 3 rings (SSSR count). The minimum absolute atomic E-state index is 0. The predicted octanol–water partition coefficient (Wildman–Crippen LogP) is 3.57. The van der Waals surface area contributed by atoms with Gasteiger partial charge in [-0.2, -0.15) is 0 Å². The number of benzene rings is 1. The number of hydrogen-bond donors (Lipinski definition) is 2. The number of pyridine rings is 1. The molecule has 2 aromatic rings. The Morgan fingerprint density at radius 3 is 2.40 bits per heavy atom. The third-order valence-corrected chi connectivity index (χ3v) is 4.91. The van der Waals surface area contributed by atoms with Crippen LogP contribution in [0, 0.1) is 0 Å². The Hall–Kier alpha value is -2.23. The molecule has 7 nitrogen and oxygen atoms in total. The van der Waals surface area contributed by atoms with Gasteiger partial charge in [-0.15, -0.1) is 24.0 Å². The van der Waals surface area contributed by atoms with Gasteiger partial charge in [0.05, 0.1) is 20.8 Å². The minimum atomic E-state index is 0.